The quantitative estimate of drug-likeness (QED) is 0.732. The monoisotopic (exact) mass is 319 g/mol. The maximum atomic E-state index is 12.0. The summed E-state index contributed by atoms with van der Waals surface area (Å²) in [6.45, 7) is 7.62. The van der Waals surface area contributed by atoms with E-state index in [2.05, 4.69) is 12.2 Å². The number of unbranched alkanes of at least 4 members (excludes halogenated alkanes) is 2. The Morgan fingerprint density at radius 3 is 2.29 bits per heavy atom. The van der Waals surface area contributed by atoms with Gasteiger partial charge in [-0.2, -0.15) is 0 Å². The third-order valence-corrected chi connectivity index (χ3v) is 3.78. The minimum atomic E-state index is -0.824. The van der Waals surface area contributed by atoms with Crippen LogP contribution in [0.15, 0.2) is 0 Å². The second-order valence-electron chi connectivity index (χ2n) is 6.29. The van der Waals surface area contributed by atoms with Crippen LogP contribution < -0.4 is 11.1 Å². The van der Waals surface area contributed by atoms with E-state index in [-0.39, 0.29) is 30.1 Å². The average Bonchev–Trinajstić information content (AvgIpc) is 2.41. The summed E-state index contributed by atoms with van der Waals surface area (Å²) >= 11 is 0. The van der Waals surface area contributed by atoms with Crippen LogP contribution in [0.3, 0.4) is 0 Å². The van der Waals surface area contributed by atoms with Crippen LogP contribution in [-0.2, 0) is 9.59 Å². The van der Waals surface area contributed by atoms with Crippen LogP contribution in [0.25, 0.3) is 0 Å². The van der Waals surface area contributed by atoms with Gasteiger partial charge in [0, 0.05) is 25.6 Å². The van der Waals surface area contributed by atoms with Gasteiger partial charge in [0.2, 0.25) is 11.8 Å². The van der Waals surface area contributed by atoms with Crippen molar-refractivity contribution in [1.29, 1.82) is 0 Å². The molecule has 1 aliphatic rings. The molecule has 1 fully saturated rings. The average molecular weight is 320 g/mol. The van der Waals surface area contributed by atoms with Gasteiger partial charge in [-0.25, -0.2) is 0 Å². The van der Waals surface area contributed by atoms with Crippen molar-refractivity contribution in [2.24, 2.45) is 11.7 Å². The highest BCUT2D eigenvalue weighted by Crippen LogP contribution is 2.19. The van der Waals surface area contributed by atoms with Crippen LogP contribution in [0.4, 0.5) is 0 Å². The number of piperidine rings is 1. The summed E-state index contributed by atoms with van der Waals surface area (Å²) in [5.74, 6) is 0.154. The number of carbonyl (C=O) groups excluding carboxylic acids is 2. The van der Waals surface area contributed by atoms with Gasteiger partial charge in [-0.3, -0.25) is 9.59 Å². The van der Waals surface area contributed by atoms with Gasteiger partial charge in [-0.15, -0.1) is 12.4 Å². The van der Waals surface area contributed by atoms with Crippen LogP contribution in [0.2, 0.25) is 0 Å². The topological polar surface area (TPSA) is 75.4 Å². The molecule has 0 aromatic rings. The largest absolute Gasteiger partial charge is 0.356 e. The molecular weight excluding hydrogens is 290 g/mol. The molecule has 0 aliphatic carbocycles. The van der Waals surface area contributed by atoms with Crippen LogP contribution in [-0.4, -0.2) is 41.9 Å². The van der Waals surface area contributed by atoms with Gasteiger partial charge >= 0.3 is 0 Å². The number of amides is 2. The fourth-order valence-corrected chi connectivity index (χ4v) is 2.48. The Labute approximate surface area is 134 Å². The van der Waals surface area contributed by atoms with Gasteiger partial charge in [0.15, 0.2) is 0 Å². The molecule has 0 bridgehead atoms. The van der Waals surface area contributed by atoms with Crippen molar-refractivity contribution in [2.45, 2.75) is 58.4 Å². The standard InChI is InChI=1S/C15H29N3O2.ClH/c1-4-5-6-9-17-13(19)12-7-10-18(11-8-12)14(20)15(2,3)16;/h12H,4-11,16H2,1-3H3,(H,17,19);1H. The van der Waals surface area contributed by atoms with E-state index in [1.807, 2.05) is 0 Å². The Hall–Kier alpha value is -0.810. The highest BCUT2D eigenvalue weighted by Gasteiger charge is 2.32. The molecule has 1 aliphatic heterocycles. The molecule has 0 saturated carbocycles. The number of rotatable bonds is 6. The van der Waals surface area contributed by atoms with E-state index in [0.717, 1.165) is 38.6 Å². The van der Waals surface area contributed by atoms with Crippen molar-refractivity contribution in [3.05, 3.63) is 0 Å². The number of nitrogens with one attached hydrogen (secondary N) is 1. The van der Waals surface area contributed by atoms with E-state index in [1.165, 1.54) is 0 Å². The number of nitrogens with zero attached hydrogens (tertiary/aromatic N) is 1. The molecule has 1 heterocycles. The lowest BCUT2D eigenvalue weighted by molar-refractivity contribution is -0.139. The Bertz CT molecular complexity index is 334. The highest BCUT2D eigenvalue weighted by atomic mass is 35.5. The predicted octanol–water partition coefficient (Wildman–Crippen LogP) is 1.69. The Morgan fingerprint density at radius 2 is 1.81 bits per heavy atom. The number of carbonyl (C=O) groups is 2. The molecule has 5 nitrogen and oxygen atoms in total. The second kappa shape index (κ2) is 9.26. The van der Waals surface area contributed by atoms with Crippen LogP contribution in [0.5, 0.6) is 0 Å². The molecule has 2 amide bonds. The molecule has 6 heteroatoms. The number of nitrogens with two attached hydrogens (primary N) is 1. The summed E-state index contributed by atoms with van der Waals surface area (Å²) in [7, 11) is 0. The maximum Gasteiger partial charge on any atom is 0.242 e. The molecule has 1 rings (SSSR count). The van der Waals surface area contributed by atoms with Crippen molar-refractivity contribution in [3.63, 3.8) is 0 Å². The summed E-state index contributed by atoms with van der Waals surface area (Å²) < 4.78 is 0. The van der Waals surface area contributed by atoms with Gasteiger partial charge < -0.3 is 16.0 Å². The first kappa shape index (κ1) is 20.2. The van der Waals surface area contributed by atoms with Gasteiger partial charge in [0.1, 0.15) is 0 Å². The summed E-state index contributed by atoms with van der Waals surface area (Å²) in [5, 5.41) is 2.99. The minimum Gasteiger partial charge on any atom is -0.356 e. The number of likely N-dealkylation sites (tertiary alicyclic amines) is 1. The zero-order chi connectivity index (χ0) is 15.2. The summed E-state index contributed by atoms with van der Waals surface area (Å²) in [4.78, 5) is 25.8. The third-order valence-electron chi connectivity index (χ3n) is 3.78. The number of halogens is 1. The zero-order valence-electron chi connectivity index (χ0n) is 13.5. The summed E-state index contributed by atoms with van der Waals surface area (Å²) in [6.07, 6.45) is 4.83. The molecule has 0 aromatic carbocycles. The van der Waals surface area contributed by atoms with Crippen molar-refractivity contribution in [3.8, 4) is 0 Å². The summed E-state index contributed by atoms with van der Waals surface area (Å²) in [6, 6.07) is 0. The van der Waals surface area contributed by atoms with E-state index in [4.69, 9.17) is 5.73 Å². The Balaban J connectivity index is 0.00000400. The van der Waals surface area contributed by atoms with Crippen LogP contribution in [0, 0.1) is 5.92 Å². The molecule has 0 unspecified atom stereocenters. The number of hydrogen-bond acceptors (Lipinski definition) is 3. The third kappa shape index (κ3) is 6.66. The van der Waals surface area contributed by atoms with Gasteiger partial charge in [-0.1, -0.05) is 19.8 Å². The fraction of sp³-hybridized carbons (Fsp3) is 0.867. The normalized spacial score (nSPS) is 16.3. The first-order chi connectivity index (χ1) is 9.36. The van der Waals surface area contributed by atoms with E-state index in [0.29, 0.717) is 13.1 Å². The second-order valence-corrected chi connectivity index (χ2v) is 6.29. The predicted molar refractivity (Wildman–Crippen MR) is 87.4 cm³/mol. The molecule has 3 N–H and O–H groups in total. The van der Waals surface area contributed by atoms with Gasteiger partial charge in [0.05, 0.1) is 5.54 Å². The highest BCUT2D eigenvalue weighted by molar-refractivity contribution is 5.86. The summed E-state index contributed by atoms with van der Waals surface area (Å²) in [5.41, 5.74) is 5.00. The van der Waals surface area contributed by atoms with Crippen molar-refractivity contribution < 1.29 is 9.59 Å². The van der Waals surface area contributed by atoms with E-state index >= 15 is 0 Å². The van der Waals surface area contributed by atoms with Gasteiger partial charge in [0.25, 0.3) is 0 Å². The zero-order valence-corrected chi connectivity index (χ0v) is 14.3. The molecular formula is C15H30ClN3O2. The Morgan fingerprint density at radius 1 is 1.24 bits per heavy atom. The molecule has 0 atom stereocenters. The lowest BCUT2D eigenvalue weighted by Gasteiger charge is -2.35. The van der Waals surface area contributed by atoms with E-state index in [1.54, 1.807) is 18.7 Å². The lowest BCUT2D eigenvalue weighted by atomic mass is 9.94. The van der Waals surface area contributed by atoms with Crippen LogP contribution >= 0.6 is 12.4 Å². The first-order valence-corrected chi connectivity index (χ1v) is 7.72. The lowest BCUT2D eigenvalue weighted by Crippen LogP contribution is -2.54. The molecule has 0 radical (unpaired) electrons. The molecule has 0 aromatic heterocycles. The molecule has 0 spiro atoms. The minimum absolute atomic E-state index is 0. The van der Waals surface area contributed by atoms with Gasteiger partial charge in [-0.05, 0) is 33.1 Å². The van der Waals surface area contributed by atoms with Crippen LogP contribution in [0.1, 0.15) is 52.9 Å². The van der Waals surface area contributed by atoms with Crippen molar-refractivity contribution >= 4 is 24.2 Å². The number of hydrogen-bond donors (Lipinski definition) is 2. The van der Waals surface area contributed by atoms with E-state index < -0.39 is 5.54 Å². The molecule has 124 valence electrons. The smallest absolute Gasteiger partial charge is 0.242 e. The fourth-order valence-electron chi connectivity index (χ4n) is 2.48. The molecule has 1 saturated heterocycles. The van der Waals surface area contributed by atoms with Crippen molar-refractivity contribution in [2.75, 3.05) is 19.6 Å². The van der Waals surface area contributed by atoms with Crippen molar-refractivity contribution in [1.82, 2.24) is 10.2 Å². The first-order valence-electron chi connectivity index (χ1n) is 7.72. The maximum absolute atomic E-state index is 12.0. The Kier molecular flexibility index (Phi) is 8.90. The molecule has 21 heavy (non-hydrogen) atoms. The SMILES string of the molecule is CCCCCNC(=O)C1CCN(C(=O)C(C)(C)N)CC1.Cl. The van der Waals surface area contributed by atoms with E-state index in [9.17, 15) is 9.59 Å².